The summed E-state index contributed by atoms with van der Waals surface area (Å²) in [4.78, 5) is 45.7. The van der Waals surface area contributed by atoms with E-state index in [0.29, 0.717) is 38.5 Å². The van der Waals surface area contributed by atoms with E-state index >= 15 is 0 Å². The zero-order valence-corrected chi connectivity index (χ0v) is 23.2. The third-order valence-electron chi connectivity index (χ3n) is 9.90. The first-order chi connectivity index (χ1) is 17.9. The lowest BCUT2D eigenvalue weighted by Gasteiger charge is -2.50. The molecule has 38 heavy (non-hydrogen) atoms. The van der Waals surface area contributed by atoms with Gasteiger partial charge in [-0.05, 0) is 71.0 Å². The van der Waals surface area contributed by atoms with Crippen molar-refractivity contribution in [2.75, 3.05) is 45.2 Å². The fourth-order valence-electron chi connectivity index (χ4n) is 7.16. The Labute approximate surface area is 225 Å². The van der Waals surface area contributed by atoms with Gasteiger partial charge in [0.15, 0.2) is 9.84 Å². The summed E-state index contributed by atoms with van der Waals surface area (Å²) in [5, 5.41) is 11.1. The summed E-state index contributed by atoms with van der Waals surface area (Å²) in [6.07, 6.45) is 4.74. The van der Waals surface area contributed by atoms with Crippen LogP contribution >= 0.6 is 0 Å². The van der Waals surface area contributed by atoms with Crippen molar-refractivity contribution in [3.8, 4) is 0 Å². The largest absolute Gasteiger partial charge is 0.390 e. The van der Waals surface area contributed by atoms with Gasteiger partial charge in [0, 0.05) is 18.6 Å². The summed E-state index contributed by atoms with van der Waals surface area (Å²) < 4.78 is 23.6. The maximum absolute atomic E-state index is 14.1. The molecule has 9 nitrogen and oxygen atoms in total. The molecule has 1 aromatic rings. The summed E-state index contributed by atoms with van der Waals surface area (Å²) in [6, 6.07) is 10.2. The molecule has 4 fully saturated rings. The van der Waals surface area contributed by atoms with Crippen LogP contribution < -0.4 is 0 Å². The minimum atomic E-state index is -3.16. The maximum Gasteiger partial charge on any atom is 0.242 e. The highest BCUT2D eigenvalue weighted by Gasteiger charge is 2.63. The molecule has 5 rings (SSSR count). The van der Waals surface area contributed by atoms with Gasteiger partial charge in [-0.3, -0.25) is 24.2 Å². The maximum atomic E-state index is 14.1. The monoisotopic (exact) mass is 545 g/mol. The van der Waals surface area contributed by atoms with E-state index in [-0.39, 0.29) is 54.9 Å². The van der Waals surface area contributed by atoms with E-state index in [9.17, 15) is 27.9 Å². The summed E-state index contributed by atoms with van der Waals surface area (Å²) >= 11 is 0. The van der Waals surface area contributed by atoms with E-state index in [0.717, 1.165) is 11.3 Å². The topological polar surface area (TPSA) is 115 Å². The first kappa shape index (κ1) is 27.3. The normalized spacial score (nSPS) is 32.6. The number of benzene rings is 1. The number of nitrogens with zero attached hydrogens (tertiary/aromatic N) is 3. The molecule has 0 aromatic heterocycles. The van der Waals surface area contributed by atoms with Crippen LogP contribution in [0.5, 0.6) is 0 Å². The third kappa shape index (κ3) is 4.58. The lowest BCUT2D eigenvalue weighted by atomic mass is 9.58. The van der Waals surface area contributed by atoms with Crippen LogP contribution in [-0.4, -0.2) is 96.8 Å². The fraction of sp³-hybridized carbons (Fsp3) is 0.679. The van der Waals surface area contributed by atoms with Crippen molar-refractivity contribution < 1.29 is 27.9 Å². The number of sulfone groups is 1. The number of imide groups is 1. The van der Waals surface area contributed by atoms with Crippen molar-refractivity contribution in [1.29, 1.82) is 0 Å². The van der Waals surface area contributed by atoms with Crippen molar-refractivity contribution in [3.63, 3.8) is 0 Å². The smallest absolute Gasteiger partial charge is 0.242 e. The average molecular weight is 546 g/mol. The number of carbonyl (C=O) groups excluding carboxylic acids is 3. The summed E-state index contributed by atoms with van der Waals surface area (Å²) in [7, 11) is 0.933. The Balaban J connectivity index is 1.41. The van der Waals surface area contributed by atoms with Crippen LogP contribution in [0.3, 0.4) is 0 Å². The molecule has 1 unspecified atom stereocenters. The molecule has 208 valence electrons. The van der Waals surface area contributed by atoms with Gasteiger partial charge in [-0.1, -0.05) is 30.3 Å². The van der Waals surface area contributed by atoms with E-state index in [1.54, 1.807) is 0 Å². The van der Waals surface area contributed by atoms with Crippen molar-refractivity contribution in [2.45, 2.75) is 62.5 Å². The third-order valence-corrected chi connectivity index (χ3v) is 11.5. The molecular formula is C28H39N3O6S. The van der Waals surface area contributed by atoms with Crippen LogP contribution in [0.25, 0.3) is 0 Å². The number of likely N-dealkylation sites (tertiary alicyclic amines) is 1. The summed E-state index contributed by atoms with van der Waals surface area (Å²) in [5.74, 6) is -1.95. The highest BCUT2D eigenvalue weighted by Crippen LogP contribution is 2.57. The Hall–Kier alpha value is -2.30. The lowest BCUT2D eigenvalue weighted by Crippen LogP contribution is -2.52. The van der Waals surface area contributed by atoms with Crippen LogP contribution in [-0.2, 0) is 29.8 Å². The van der Waals surface area contributed by atoms with Gasteiger partial charge >= 0.3 is 0 Å². The predicted octanol–water partition coefficient (Wildman–Crippen LogP) is 1.55. The molecule has 1 atom stereocenters. The van der Waals surface area contributed by atoms with Gasteiger partial charge in [-0.2, -0.15) is 0 Å². The molecule has 1 N–H and O–H groups in total. The van der Waals surface area contributed by atoms with Crippen LogP contribution in [0, 0.1) is 11.3 Å². The zero-order valence-electron chi connectivity index (χ0n) is 22.4. The fourth-order valence-corrected chi connectivity index (χ4v) is 8.36. The zero-order chi connectivity index (χ0) is 27.3. The van der Waals surface area contributed by atoms with Crippen molar-refractivity contribution in [3.05, 3.63) is 35.9 Å². The molecule has 2 aliphatic heterocycles. The molecular weight excluding hydrogens is 506 g/mol. The van der Waals surface area contributed by atoms with Gasteiger partial charge in [0.1, 0.15) is 6.54 Å². The van der Waals surface area contributed by atoms with Crippen molar-refractivity contribution in [1.82, 2.24) is 14.7 Å². The highest BCUT2D eigenvalue weighted by atomic mass is 32.2. The summed E-state index contributed by atoms with van der Waals surface area (Å²) in [6.45, 7) is -0.214. The van der Waals surface area contributed by atoms with Gasteiger partial charge < -0.3 is 10.0 Å². The Kier molecular flexibility index (Phi) is 6.97. The molecule has 3 amide bonds. The second kappa shape index (κ2) is 9.71. The summed E-state index contributed by atoms with van der Waals surface area (Å²) in [5.41, 5.74) is -0.971. The van der Waals surface area contributed by atoms with E-state index in [1.165, 1.54) is 10.5 Å². The molecule has 0 bridgehead atoms. The Morgan fingerprint density at radius 1 is 1.00 bits per heavy atom. The Bertz CT molecular complexity index is 1190. The lowest BCUT2D eigenvalue weighted by molar-refractivity contribution is -0.148. The van der Waals surface area contributed by atoms with Crippen LogP contribution in [0.15, 0.2) is 30.3 Å². The van der Waals surface area contributed by atoms with Gasteiger partial charge in [0.25, 0.3) is 0 Å². The van der Waals surface area contributed by atoms with E-state index in [2.05, 4.69) is 17.0 Å². The Morgan fingerprint density at radius 2 is 1.61 bits per heavy atom. The minimum Gasteiger partial charge on any atom is -0.390 e. The average Bonchev–Trinajstić information content (AvgIpc) is 3.05. The minimum absolute atomic E-state index is 0.0775. The predicted molar refractivity (Wildman–Crippen MR) is 142 cm³/mol. The number of rotatable bonds is 6. The van der Waals surface area contributed by atoms with E-state index < -0.39 is 32.7 Å². The molecule has 2 aliphatic carbocycles. The molecule has 2 saturated carbocycles. The van der Waals surface area contributed by atoms with Crippen molar-refractivity contribution in [2.24, 2.45) is 11.3 Å². The van der Waals surface area contributed by atoms with Crippen LogP contribution in [0.4, 0.5) is 0 Å². The first-order valence-electron chi connectivity index (χ1n) is 13.7. The first-order valence-corrected chi connectivity index (χ1v) is 15.5. The van der Waals surface area contributed by atoms with Crippen LogP contribution in [0.1, 0.15) is 56.9 Å². The number of amides is 3. The molecule has 2 saturated heterocycles. The van der Waals surface area contributed by atoms with Gasteiger partial charge in [0.05, 0.1) is 28.4 Å². The molecule has 1 aromatic carbocycles. The van der Waals surface area contributed by atoms with E-state index in [1.807, 2.05) is 32.3 Å². The SMILES string of the molecule is CN(C)C1(c2ccccc2)CCC2(CC1)C(=O)N(CC(=O)N1CCS(=O)(=O)CC1)C(=O)C2CC1(O)CCC1. The van der Waals surface area contributed by atoms with Gasteiger partial charge in [-0.15, -0.1) is 0 Å². The number of aliphatic hydroxyl groups is 1. The number of hydrogen-bond donors (Lipinski definition) is 1. The highest BCUT2D eigenvalue weighted by molar-refractivity contribution is 7.91. The number of carbonyl (C=O) groups is 3. The van der Waals surface area contributed by atoms with E-state index in [4.69, 9.17) is 0 Å². The van der Waals surface area contributed by atoms with Gasteiger partial charge in [0.2, 0.25) is 17.7 Å². The second-order valence-electron chi connectivity index (χ2n) is 12.0. The van der Waals surface area contributed by atoms with Gasteiger partial charge in [-0.25, -0.2) is 8.42 Å². The number of hydrogen-bond acceptors (Lipinski definition) is 7. The second-order valence-corrected chi connectivity index (χ2v) is 14.3. The quantitative estimate of drug-likeness (QED) is 0.540. The Morgan fingerprint density at radius 3 is 2.13 bits per heavy atom. The van der Waals surface area contributed by atoms with Crippen LogP contribution in [0.2, 0.25) is 0 Å². The molecule has 10 heteroatoms. The molecule has 4 aliphatic rings. The van der Waals surface area contributed by atoms with Crippen molar-refractivity contribution >= 4 is 27.6 Å². The molecule has 1 spiro atoms. The standard InChI is InChI=1S/C28H39N3O6S/c1-29(2)28(21-7-4-3-5-8-21)13-11-27(12-14-28)22(19-26(35)9-6-10-26)24(33)31(25(27)34)20-23(32)30-15-17-38(36,37)18-16-30/h3-5,7-8,22,35H,6,9-20H2,1-2H3. The molecule has 0 radical (unpaired) electrons. The molecule has 2 heterocycles.